The van der Waals surface area contributed by atoms with E-state index in [9.17, 15) is 8.42 Å². The second-order valence-corrected chi connectivity index (χ2v) is 7.76. The maximum atomic E-state index is 12.6. The van der Waals surface area contributed by atoms with E-state index in [1.807, 2.05) is 0 Å². The standard InChI is InChI=1S/C17H17N5O2S/c1-13-6-8-22(9-7-13)25(23,24)16-4-2-15(3-5-16)21-17(12-20)14(10-18)11-19/h2-5,13,21H,6-9H2,1H3. The van der Waals surface area contributed by atoms with Crippen molar-refractivity contribution in [1.29, 1.82) is 15.8 Å². The largest absolute Gasteiger partial charge is 0.345 e. The fraction of sp³-hybridized carbons (Fsp3) is 0.353. The molecule has 7 nitrogen and oxygen atoms in total. The van der Waals surface area contributed by atoms with Gasteiger partial charge in [-0.25, -0.2) is 8.42 Å². The number of rotatable bonds is 4. The van der Waals surface area contributed by atoms with Crippen molar-refractivity contribution in [2.45, 2.75) is 24.7 Å². The van der Waals surface area contributed by atoms with Crippen LogP contribution in [0, 0.1) is 39.9 Å². The van der Waals surface area contributed by atoms with E-state index in [1.165, 1.54) is 28.6 Å². The summed E-state index contributed by atoms with van der Waals surface area (Å²) in [4.78, 5) is 0.177. The van der Waals surface area contributed by atoms with E-state index < -0.39 is 10.0 Å². The molecule has 1 aromatic rings. The molecule has 0 aromatic heterocycles. The predicted octanol–water partition coefficient (Wildman–Crippen LogP) is 2.34. The fourth-order valence-corrected chi connectivity index (χ4v) is 3.98. The monoisotopic (exact) mass is 355 g/mol. The lowest BCUT2D eigenvalue weighted by Crippen LogP contribution is -2.37. The van der Waals surface area contributed by atoms with Gasteiger partial charge in [-0.2, -0.15) is 20.1 Å². The predicted molar refractivity (Wildman–Crippen MR) is 91.1 cm³/mol. The van der Waals surface area contributed by atoms with Crippen LogP contribution in [0.2, 0.25) is 0 Å². The quantitative estimate of drug-likeness (QED) is 0.828. The van der Waals surface area contributed by atoms with Gasteiger partial charge in [0.2, 0.25) is 10.0 Å². The van der Waals surface area contributed by atoms with Crippen molar-refractivity contribution >= 4 is 15.7 Å². The Morgan fingerprint density at radius 1 is 1.08 bits per heavy atom. The van der Waals surface area contributed by atoms with Gasteiger partial charge in [0.1, 0.15) is 23.9 Å². The molecule has 0 radical (unpaired) electrons. The van der Waals surface area contributed by atoms with Crippen molar-refractivity contribution in [3.63, 3.8) is 0 Å². The van der Waals surface area contributed by atoms with Gasteiger partial charge in [0.25, 0.3) is 0 Å². The molecule has 0 bridgehead atoms. The van der Waals surface area contributed by atoms with Crippen LogP contribution in [0.25, 0.3) is 0 Å². The number of hydrogen-bond acceptors (Lipinski definition) is 6. The summed E-state index contributed by atoms with van der Waals surface area (Å²) in [6.07, 6.45) is 1.70. The van der Waals surface area contributed by atoms with Gasteiger partial charge in [-0.1, -0.05) is 6.92 Å². The summed E-state index contributed by atoms with van der Waals surface area (Å²) >= 11 is 0. The molecule has 0 unspecified atom stereocenters. The molecule has 2 rings (SSSR count). The number of anilines is 1. The Morgan fingerprint density at radius 2 is 1.64 bits per heavy atom. The first-order valence-corrected chi connectivity index (χ1v) is 9.18. The van der Waals surface area contributed by atoms with Gasteiger partial charge in [-0.15, -0.1) is 0 Å². The first-order valence-electron chi connectivity index (χ1n) is 7.74. The zero-order valence-electron chi connectivity index (χ0n) is 13.7. The van der Waals surface area contributed by atoms with Crippen LogP contribution in [0.5, 0.6) is 0 Å². The number of sulfonamides is 1. The summed E-state index contributed by atoms with van der Waals surface area (Å²) in [5.74, 6) is 0.531. The zero-order valence-corrected chi connectivity index (χ0v) is 14.5. The van der Waals surface area contributed by atoms with Gasteiger partial charge in [-0.05, 0) is 43.0 Å². The number of nitrogens with one attached hydrogen (secondary N) is 1. The van der Waals surface area contributed by atoms with Crippen LogP contribution in [0.15, 0.2) is 40.4 Å². The minimum Gasteiger partial charge on any atom is -0.345 e. The van der Waals surface area contributed by atoms with Gasteiger partial charge >= 0.3 is 0 Å². The third-order valence-electron chi connectivity index (χ3n) is 4.09. The lowest BCUT2D eigenvalue weighted by Gasteiger charge is -2.29. The maximum Gasteiger partial charge on any atom is 0.243 e. The van der Waals surface area contributed by atoms with Gasteiger partial charge in [0, 0.05) is 18.8 Å². The van der Waals surface area contributed by atoms with Gasteiger partial charge in [0.05, 0.1) is 4.90 Å². The van der Waals surface area contributed by atoms with Crippen LogP contribution in [0.3, 0.4) is 0 Å². The number of piperidine rings is 1. The van der Waals surface area contributed by atoms with Gasteiger partial charge < -0.3 is 5.32 Å². The molecule has 8 heteroatoms. The molecule has 0 atom stereocenters. The summed E-state index contributed by atoms with van der Waals surface area (Å²) in [5.41, 5.74) is -0.0852. The highest BCUT2D eigenvalue weighted by Crippen LogP contribution is 2.24. The Bertz CT molecular complexity index is 874. The second kappa shape index (κ2) is 7.81. The zero-order chi connectivity index (χ0) is 18.4. The summed E-state index contributed by atoms with van der Waals surface area (Å²) in [6.45, 7) is 3.14. The summed E-state index contributed by atoms with van der Waals surface area (Å²) < 4.78 is 26.8. The van der Waals surface area contributed by atoms with Crippen molar-refractivity contribution in [2.24, 2.45) is 5.92 Å². The molecule has 0 spiro atoms. The molecule has 1 aromatic carbocycles. The Hall–Kier alpha value is -2.86. The average Bonchev–Trinajstić information content (AvgIpc) is 2.62. The molecule has 1 aliphatic rings. The van der Waals surface area contributed by atoms with E-state index in [2.05, 4.69) is 12.2 Å². The molecule has 0 amide bonds. The highest BCUT2D eigenvalue weighted by atomic mass is 32.2. The molecule has 25 heavy (non-hydrogen) atoms. The van der Waals surface area contributed by atoms with Crippen molar-refractivity contribution in [3.8, 4) is 18.2 Å². The smallest absolute Gasteiger partial charge is 0.243 e. The fourth-order valence-electron chi connectivity index (χ4n) is 2.51. The Labute approximate surface area is 147 Å². The Kier molecular flexibility index (Phi) is 5.77. The minimum atomic E-state index is -3.54. The van der Waals surface area contributed by atoms with Crippen LogP contribution in [-0.4, -0.2) is 25.8 Å². The Morgan fingerprint density at radius 3 is 2.12 bits per heavy atom. The second-order valence-electron chi connectivity index (χ2n) is 5.82. The van der Waals surface area contributed by atoms with Crippen LogP contribution in [0.1, 0.15) is 19.8 Å². The highest BCUT2D eigenvalue weighted by molar-refractivity contribution is 7.89. The molecule has 1 fully saturated rings. The summed E-state index contributed by atoms with van der Waals surface area (Å²) in [5, 5.41) is 29.3. The van der Waals surface area contributed by atoms with E-state index in [-0.39, 0.29) is 16.2 Å². The van der Waals surface area contributed by atoms with E-state index in [0.29, 0.717) is 24.7 Å². The van der Waals surface area contributed by atoms with Crippen LogP contribution in [0.4, 0.5) is 5.69 Å². The topological polar surface area (TPSA) is 121 Å². The summed E-state index contributed by atoms with van der Waals surface area (Å²) in [7, 11) is -3.54. The molecule has 1 heterocycles. The van der Waals surface area contributed by atoms with E-state index in [4.69, 9.17) is 15.8 Å². The molecular weight excluding hydrogens is 338 g/mol. The van der Waals surface area contributed by atoms with Gasteiger partial charge in [0.15, 0.2) is 5.57 Å². The van der Waals surface area contributed by atoms with E-state index in [0.717, 1.165) is 12.8 Å². The lowest BCUT2D eigenvalue weighted by molar-refractivity contribution is 0.288. The van der Waals surface area contributed by atoms with Crippen molar-refractivity contribution in [3.05, 3.63) is 35.5 Å². The normalized spacial score (nSPS) is 15.4. The Balaban J connectivity index is 2.20. The first kappa shape index (κ1) is 18.5. The van der Waals surface area contributed by atoms with Crippen molar-refractivity contribution < 1.29 is 8.42 Å². The van der Waals surface area contributed by atoms with E-state index in [1.54, 1.807) is 18.2 Å². The molecular formula is C17H17N5O2S. The van der Waals surface area contributed by atoms with Crippen LogP contribution >= 0.6 is 0 Å². The van der Waals surface area contributed by atoms with Crippen LogP contribution in [-0.2, 0) is 10.0 Å². The number of hydrogen-bond donors (Lipinski definition) is 1. The molecule has 0 saturated carbocycles. The number of benzene rings is 1. The van der Waals surface area contributed by atoms with Crippen molar-refractivity contribution in [2.75, 3.05) is 18.4 Å². The first-order chi connectivity index (χ1) is 11.9. The third-order valence-corrected chi connectivity index (χ3v) is 6.00. The third kappa shape index (κ3) is 4.16. The molecule has 1 aliphatic heterocycles. The number of nitriles is 3. The average molecular weight is 355 g/mol. The molecule has 0 aliphatic carbocycles. The molecule has 1 saturated heterocycles. The maximum absolute atomic E-state index is 12.6. The number of allylic oxidation sites excluding steroid dienone is 2. The van der Waals surface area contributed by atoms with E-state index >= 15 is 0 Å². The van der Waals surface area contributed by atoms with Crippen molar-refractivity contribution in [1.82, 2.24) is 4.31 Å². The SMILES string of the molecule is CC1CCN(S(=O)(=O)c2ccc(NC(C#N)=C(C#N)C#N)cc2)CC1. The number of nitrogens with zero attached hydrogens (tertiary/aromatic N) is 4. The highest BCUT2D eigenvalue weighted by Gasteiger charge is 2.27. The summed E-state index contributed by atoms with van der Waals surface area (Å²) in [6, 6.07) is 10.9. The van der Waals surface area contributed by atoms with Gasteiger partial charge in [-0.3, -0.25) is 0 Å². The van der Waals surface area contributed by atoms with Crippen LogP contribution < -0.4 is 5.32 Å². The molecule has 128 valence electrons. The molecule has 1 N–H and O–H groups in total. The minimum absolute atomic E-state index is 0.175. The lowest BCUT2D eigenvalue weighted by atomic mass is 10.0.